The summed E-state index contributed by atoms with van der Waals surface area (Å²) in [6, 6.07) is 6.18. The first-order valence-corrected chi connectivity index (χ1v) is 6.15. The molecule has 1 amide bonds. The Hall–Kier alpha value is -1.56. The highest BCUT2D eigenvalue weighted by atomic mass is 79.9. The molecule has 0 fully saturated rings. The van der Waals surface area contributed by atoms with Gasteiger partial charge in [0.2, 0.25) is 0 Å². The zero-order valence-electron chi connectivity index (χ0n) is 10.0. The molecule has 0 radical (unpaired) electrons. The van der Waals surface area contributed by atoms with Gasteiger partial charge in [-0.3, -0.25) is 9.59 Å². The van der Waals surface area contributed by atoms with Gasteiger partial charge >= 0.3 is 5.97 Å². The maximum absolute atomic E-state index is 11.7. The van der Waals surface area contributed by atoms with E-state index in [1.807, 2.05) is 6.07 Å². The van der Waals surface area contributed by atoms with E-state index in [0.717, 1.165) is 4.47 Å². The average molecular weight is 316 g/mol. The number of carbonyl (C=O) groups excluding carboxylic acids is 1. The normalized spacial score (nSPS) is 13.5. The largest absolute Gasteiger partial charge is 0.480 e. The first kappa shape index (κ1) is 14.5. The Kier molecular flexibility index (Phi) is 5.15. The minimum atomic E-state index is -1.09. The molecule has 2 N–H and O–H groups in total. The molecule has 18 heavy (non-hydrogen) atoms. The molecule has 0 saturated heterocycles. The molecule has 0 aliphatic heterocycles. The molecule has 1 rings (SSSR count). The molecule has 0 spiro atoms. The number of amides is 1. The van der Waals surface area contributed by atoms with Crippen LogP contribution < -0.4 is 10.1 Å². The number of hydrogen-bond acceptors (Lipinski definition) is 3. The first-order chi connectivity index (χ1) is 8.41. The van der Waals surface area contributed by atoms with E-state index in [2.05, 4.69) is 21.2 Å². The van der Waals surface area contributed by atoms with Crippen LogP contribution in [0.1, 0.15) is 13.8 Å². The van der Waals surface area contributed by atoms with Crippen LogP contribution in [-0.4, -0.2) is 29.1 Å². The second-order valence-corrected chi connectivity index (χ2v) is 4.61. The van der Waals surface area contributed by atoms with Gasteiger partial charge in [0.25, 0.3) is 5.91 Å². The van der Waals surface area contributed by atoms with Crippen LogP contribution in [0.15, 0.2) is 28.7 Å². The van der Waals surface area contributed by atoms with Crippen LogP contribution in [-0.2, 0) is 9.59 Å². The zero-order chi connectivity index (χ0) is 13.7. The summed E-state index contributed by atoms with van der Waals surface area (Å²) < 4.78 is 6.17. The van der Waals surface area contributed by atoms with Gasteiger partial charge in [-0.15, -0.1) is 0 Å². The minimum Gasteiger partial charge on any atom is -0.480 e. The molecular weight excluding hydrogens is 302 g/mol. The van der Waals surface area contributed by atoms with Crippen LogP contribution in [0, 0.1) is 0 Å². The van der Waals surface area contributed by atoms with Crippen molar-refractivity contribution >= 4 is 27.8 Å². The van der Waals surface area contributed by atoms with Crippen molar-refractivity contribution in [3.63, 3.8) is 0 Å². The molecule has 0 aliphatic rings. The van der Waals surface area contributed by atoms with Crippen molar-refractivity contribution in [2.24, 2.45) is 0 Å². The highest BCUT2D eigenvalue weighted by molar-refractivity contribution is 9.10. The topological polar surface area (TPSA) is 75.6 Å². The van der Waals surface area contributed by atoms with E-state index in [-0.39, 0.29) is 0 Å². The number of carboxylic acids is 1. The Balaban J connectivity index is 2.60. The Bertz CT molecular complexity index is 449. The summed E-state index contributed by atoms with van der Waals surface area (Å²) in [7, 11) is 0. The summed E-state index contributed by atoms with van der Waals surface area (Å²) in [5, 5.41) is 11.0. The number of halogens is 1. The van der Waals surface area contributed by atoms with Crippen molar-refractivity contribution in [2.45, 2.75) is 26.0 Å². The van der Waals surface area contributed by atoms with Crippen LogP contribution in [0.5, 0.6) is 5.75 Å². The number of ether oxygens (including phenoxy) is 1. The second-order valence-electron chi connectivity index (χ2n) is 3.76. The SMILES string of the molecule is CC(Oc1ccccc1Br)C(=O)N[C@@H](C)C(=O)O. The zero-order valence-corrected chi connectivity index (χ0v) is 11.6. The van der Waals surface area contributed by atoms with Gasteiger partial charge in [0, 0.05) is 0 Å². The smallest absolute Gasteiger partial charge is 0.325 e. The minimum absolute atomic E-state index is 0.472. The van der Waals surface area contributed by atoms with E-state index in [1.54, 1.807) is 25.1 Å². The fourth-order valence-electron chi connectivity index (χ4n) is 1.18. The monoisotopic (exact) mass is 315 g/mol. The number of benzene rings is 1. The Morgan fingerprint density at radius 2 is 1.94 bits per heavy atom. The van der Waals surface area contributed by atoms with Crippen LogP contribution in [0.4, 0.5) is 0 Å². The van der Waals surface area contributed by atoms with Crippen LogP contribution in [0.2, 0.25) is 0 Å². The summed E-state index contributed by atoms with van der Waals surface area (Å²) in [5.74, 6) is -1.03. The van der Waals surface area contributed by atoms with Gasteiger partial charge in [0.1, 0.15) is 11.8 Å². The predicted molar refractivity (Wildman–Crippen MR) is 69.5 cm³/mol. The van der Waals surface area contributed by atoms with Crippen molar-refractivity contribution in [3.05, 3.63) is 28.7 Å². The van der Waals surface area contributed by atoms with Gasteiger partial charge in [-0.1, -0.05) is 12.1 Å². The average Bonchev–Trinajstić information content (AvgIpc) is 2.31. The van der Waals surface area contributed by atoms with Crippen LogP contribution in [0.25, 0.3) is 0 Å². The third-order valence-corrected chi connectivity index (χ3v) is 2.89. The maximum Gasteiger partial charge on any atom is 0.325 e. The molecule has 0 heterocycles. The van der Waals surface area contributed by atoms with Gasteiger partial charge in [0.15, 0.2) is 6.10 Å². The number of carboxylic acid groups (broad SMARTS) is 1. The number of hydrogen-bond donors (Lipinski definition) is 2. The van der Waals surface area contributed by atoms with E-state index in [9.17, 15) is 9.59 Å². The molecule has 5 nitrogen and oxygen atoms in total. The summed E-state index contributed by atoms with van der Waals surface area (Å²) in [6.07, 6.45) is -0.773. The lowest BCUT2D eigenvalue weighted by molar-refractivity contribution is -0.142. The van der Waals surface area contributed by atoms with Gasteiger partial charge < -0.3 is 15.2 Å². The molecule has 1 aromatic carbocycles. The molecule has 0 saturated carbocycles. The summed E-state index contributed by atoms with van der Waals surface area (Å²) in [6.45, 7) is 2.95. The second kappa shape index (κ2) is 6.39. The van der Waals surface area contributed by atoms with E-state index in [1.165, 1.54) is 6.92 Å². The van der Waals surface area contributed by atoms with Gasteiger partial charge in [-0.25, -0.2) is 0 Å². The number of para-hydroxylation sites is 1. The van der Waals surface area contributed by atoms with Gasteiger partial charge in [0.05, 0.1) is 4.47 Å². The Morgan fingerprint density at radius 1 is 1.33 bits per heavy atom. The molecule has 6 heteroatoms. The summed E-state index contributed by atoms with van der Waals surface area (Å²) in [5.41, 5.74) is 0. The molecule has 2 atom stereocenters. The van der Waals surface area contributed by atoms with E-state index in [0.29, 0.717) is 5.75 Å². The highest BCUT2D eigenvalue weighted by Crippen LogP contribution is 2.24. The molecule has 1 unspecified atom stereocenters. The molecule has 1 aromatic rings. The van der Waals surface area contributed by atoms with Crippen molar-refractivity contribution in [1.29, 1.82) is 0 Å². The molecular formula is C12H14BrNO4. The summed E-state index contributed by atoms with van der Waals surface area (Å²) >= 11 is 3.30. The molecule has 0 aliphatic carbocycles. The van der Waals surface area contributed by atoms with Crippen molar-refractivity contribution in [1.82, 2.24) is 5.32 Å². The number of aliphatic carboxylic acids is 1. The van der Waals surface area contributed by atoms with Gasteiger partial charge in [-0.05, 0) is 41.9 Å². The number of carbonyl (C=O) groups is 2. The predicted octanol–water partition coefficient (Wildman–Crippen LogP) is 1.81. The van der Waals surface area contributed by atoms with Crippen molar-refractivity contribution in [2.75, 3.05) is 0 Å². The van der Waals surface area contributed by atoms with Gasteiger partial charge in [-0.2, -0.15) is 0 Å². The lowest BCUT2D eigenvalue weighted by Crippen LogP contribution is -2.44. The quantitative estimate of drug-likeness (QED) is 0.869. The van der Waals surface area contributed by atoms with E-state index >= 15 is 0 Å². The Morgan fingerprint density at radius 3 is 2.50 bits per heavy atom. The van der Waals surface area contributed by atoms with E-state index < -0.39 is 24.0 Å². The maximum atomic E-state index is 11.7. The van der Waals surface area contributed by atoms with Crippen molar-refractivity contribution < 1.29 is 19.4 Å². The third-order valence-electron chi connectivity index (χ3n) is 2.24. The molecule has 98 valence electrons. The fraction of sp³-hybridized carbons (Fsp3) is 0.333. The van der Waals surface area contributed by atoms with E-state index in [4.69, 9.17) is 9.84 Å². The highest BCUT2D eigenvalue weighted by Gasteiger charge is 2.20. The van der Waals surface area contributed by atoms with Crippen LogP contribution in [0.3, 0.4) is 0 Å². The third kappa shape index (κ3) is 4.03. The molecule has 0 aromatic heterocycles. The molecule has 0 bridgehead atoms. The first-order valence-electron chi connectivity index (χ1n) is 5.36. The van der Waals surface area contributed by atoms with Crippen LogP contribution >= 0.6 is 15.9 Å². The van der Waals surface area contributed by atoms with Crippen molar-refractivity contribution in [3.8, 4) is 5.75 Å². The lowest BCUT2D eigenvalue weighted by Gasteiger charge is -2.17. The fourth-order valence-corrected chi connectivity index (χ4v) is 1.55. The standard InChI is InChI=1S/C12H14BrNO4/c1-7(12(16)17)14-11(15)8(2)18-10-6-4-3-5-9(10)13/h3-8H,1-2H3,(H,14,15)(H,16,17)/t7-,8?/m0/s1. The summed E-state index contributed by atoms with van der Waals surface area (Å²) in [4.78, 5) is 22.3. The Labute approximate surface area is 113 Å². The number of rotatable bonds is 5. The number of nitrogens with one attached hydrogen (secondary N) is 1. The lowest BCUT2D eigenvalue weighted by atomic mass is 10.3.